The molecule has 0 rings (SSSR count). The van der Waals surface area contributed by atoms with Crippen molar-refractivity contribution >= 4 is 11.6 Å². The first-order chi connectivity index (χ1) is 34.6. The lowest BCUT2D eigenvalue weighted by Crippen LogP contribution is -2.15. The van der Waals surface area contributed by atoms with Crippen molar-refractivity contribution in [1.82, 2.24) is 0 Å². The summed E-state index contributed by atoms with van der Waals surface area (Å²) in [6.07, 6.45) is 83.7. The van der Waals surface area contributed by atoms with Gasteiger partial charge < -0.3 is 0 Å². The van der Waals surface area contributed by atoms with Crippen molar-refractivity contribution < 1.29 is 9.59 Å². The molecule has 0 aromatic heterocycles. The van der Waals surface area contributed by atoms with E-state index in [-0.39, 0.29) is 0 Å². The van der Waals surface area contributed by atoms with Crippen molar-refractivity contribution in [2.45, 2.75) is 374 Å². The molecule has 0 spiro atoms. The number of ketones is 2. The van der Waals surface area contributed by atoms with Gasteiger partial charge in [-0.25, -0.2) is 0 Å². The summed E-state index contributed by atoms with van der Waals surface area (Å²) in [6, 6.07) is 0. The molecule has 0 aromatic carbocycles. The Morgan fingerprint density at radius 3 is 0.829 bits per heavy atom. The molecule has 0 N–H and O–H groups in total. The quantitative estimate of drug-likeness (QED) is 0.0450. The van der Waals surface area contributed by atoms with E-state index in [1.54, 1.807) is 0 Å². The maximum atomic E-state index is 12.7. The lowest BCUT2D eigenvalue weighted by molar-refractivity contribution is -0.120. The fourth-order valence-corrected chi connectivity index (χ4v) is 10.8. The van der Waals surface area contributed by atoms with Crippen LogP contribution in [-0.2, 0) is 9.59 Å². The van der Waals surface area contributed by atoms with Crippen LogP contribution in [0.15, 0.2) is 36.5 Å². The van der Waals surface area contributed by atoms with Gasteiger partial charge in [0.15, 0.2) is 0 Å². The SMILES string of the molecule is CCCCC/C=C/CCCCCCCCCCC(=O)CCC/C=C/CC(CCCCCCCCC)C(CCCCCCCCC)CCCCCCC(=O)CCCCCCCCCC/C=C/CCCCC. The Balaban J connectivity index is 4.66. The summed E-state index contributed by atoms with van der Waals surface area (Å²) >= 11 is 0. The van der Waals surface area contributed by atoms with Gasteiger partial charge in [0.1, 0.15) is 11.6 Å². The maximum absolute atomic E-state index is 12.7. The van der Waals surface area contributed by atoms with Crippen LogP contribution in [0.2, 0.25) is 0 Å². The van der Waals surface area contributed by atoms with E-state index < -0.39 is 0 Å². The number of carbonyl (C=O) groups excluding carboxylic acids is 2. The molecule has 2 unspecified atom stereocenters. The molecule has 2 heteroatoms. The highest BCUT2D eigenvalue weighted by Gasteiger charge is 2.20. The third kappa shape index (κ3) is 54.3. The first-order valence-electron chi connectivity index (χ1n) is 32.6. The van der Waals surface area contributed by atoms with Crippen molar-refractivity contribution in [3.63, 3.8) is 0 Å². The van der Waals surface area contributed by atoms with Crippen LogP contribution in [0.4, 0.5) is 0 Å². The highest BCUT2D eigenvalue weighted by Crippen LogP contribution is 2.33. The van der Waals surface area contributed by atoms with Crippen LogP contribution in [0.5, 0.6) is 0 Å². The third-order valence-corrected chi connectivity index (χ3v) is 15.7. The molecule has 0 aromatic rings. The smallest absolute Gasteiger partial charge is 0.132 e. The van der Waals surface area contributed by atoms with Crippen LogP contribution >= 0.6 is 0 Å². The van der Waals surface area contributed by atoms with E-state index in [1.165, 1.54) is 289 Å². The van der Waals surface area contributed by atoms with Crippen LogP contribution < -0.4 is 0 Å². The zero-order valence-corrected chi connectivity index (χ0v) is 48.6. The highest BCUT2D eigenvalue weighted by atomic mass is 16.1. The summed E-state index contributed by atoms with van der Waals surface area (Å²) in [6.45, 7) is 9.20. The molecule has 0 aliphatic carbocycles. The van der Waals surface area contributed by atoms with Crippen LogP contribution in [0.25, 0.3) is 0 Å². The number of hydrogen-bond acceptors (Lipinski definition) is 2. The van der Waals surface area contributed by atoms with Crippen molar-refractivity contribution in [2.75, 3.05) is 0 Å². The zero-order valence-electron chi connectivity index (χ0n) is 48.6. The minimum atomic E-state index is 0.492. The second kappa shape index (κ2) is 60.1. The second-order valence-corrected chi connectivity index (χ2v) is 22.6. The van der Waals surface area contributed by atoms with Crippen LogP contribution in [0, 0.1) is 11.8 Å². The monoisotopic (exact) mass is 977 g/mol. The van der Waals surface area contributed by atoms with Gasteiger partial charge in [0.25, 0.3) is 0 Å². The standard InChI is InChI=1S/C68H128O2/c1-5-9-13-17-21-23-25-27-29-31-33-35-39-43-53-61-67(69)63-55-47-45-51-59-65(57-49-41-37-19-15-11-7-3)66(58-50-42-38-20-16-12-8-4)60-52-46-48-56-64-68(70)62-54-44-40-36-34-32-30-28-26-24-22-18-14-10-6-2/h21-24,45,51,65-66H,5-20,25-44,46-50,52-64H2,1-4H3/b23-21+,24-22+,51-45+. The molecule has 0 aliphatic heterocycles. The second-order valence-electron chi connectivity index (χ2n) is 22.6. The number of hydrogen-bond donors (Lipinski definition) is 0. The predicted molar refractivity (Wildman–Crippen MR) is 316 cm³/mol. The molecule has 70 heavy (non-hydrogen) atoms. The van der Waals surface area contributed by atoms with E-state index in [0.29, 0.717) is 11.6 Å². The lowest BCUT2D eigenvalue weighted by Gasteiger charge is -2.27. The normalized spacial score (nSPS) is 12.9. The van der Waals surface area contributed by atoms with E-state index in [1.807, 2.05) is 0 Å². The molecule has 0 saturated heterocycles. The van der Waals surface area contributed by atoms with Gasteiger partial charge in [0.05, 0.1) is 0 Å². The van der Waals surface area contributed by atoms with Gasteiger partial charge in [-0.1, -0.05) is 289 Å². The van der Waals surface area contributed by atoms with Crippen LogP contribution in [-0.4, -0.2) is 11.6 Å². The summed E-state index contributed by atoms with van der Waals surface area (Å²) in [5, 5.41) is 0. The lowest BCUT2D eigenvalue weighted by atomic mass is 9.78. The number of Topliss-reactive ketones (excluding diaryl/α,β-unsaturated/α-hetero) is 2. The Bertz CT molecular complexity index is 1110. The van der Waals surface area contributed by atoms with Crippen molar-refractivity contribution in [3.8, 4) is 0 Å². The topological polar surface area (TPSA) is 34.1 Å². The van der Waals surface area contributed by atoms with E-state index in [9.17, 15) is 9.59 Å². The summed E-state index contributed by atoms with van der Waals surface area (Å²) in [5.41, 5.74) is 0. The minimum Gasteiger partial charge on any atom is -0.300 e. The predicted octanol–water partition coefficient (Wildman–Crippen LogP) is 24.2. The number of unbranched alkanes of at least 4 members (excludes halogenated alkanes) is 38. The Hall–Kier alpha value is -1.44. The number of carbonyl (C=O) groups is 2. The molecule has 0 heterocycles. The molecule has 0 amide bonds. The van der Waals surface area contributed by atoms with Gasteiger partial charge in [0, 0.05) is 25.7 Å². The molecule has 0 radical (unpaired) electrons. The first kappa shape index (κ1) is 68.6. The third-order valence-electron chi connectivity index (χ3n) is 15.7. The fraction of sp³-hybridized carbons (Fsp3) is 0.882. The van der Waals surface area contributed by atoms with Gasteiger partial charge in [-0.05, 0) is 108 Å². The van der Waals surface area contributed by atoms with E-state index >= 15 is 0 Å². The Morgan fingerprint density at radius 1 is 0.243 bits per heavy atom. The molecule has 0 aliphatic rings. The molecular formula is C68H128O2. The van der Waals surface area contributed by atoms with Crippen LogP contribution in [0.3, 0.4) is 0 Å². The van der Waals surface area contributed by atoms with Gasteiger partial charge in [-0.15, -0.1) is 0 Å². The molecule has 0 fully saturated rings. The summed E-state index contributed by atoms with van der Waals surface area (Å²) in [4.78, 5) is 25.5. The zero-order chi connectivity index (χ0) is 50.7. The Kier molecular flexibility index (Phi) is 58.9. The molecule has 412 valence electrons. The van der Waals surface area contributed by atoms with Crippen molar-refractivity contribution in [1.29, 1.82) is 0 Å². The van der Waals surface area contributed by atoms with E-state index in [0.717, 1.165) is 69.6 Å². The summed E-state index contributed by atoms with van der Waals surface area (Å²) in [7, 11) is 0. The summed E-state index contributed by atoms with van der Waals surface area (Å²) in [5.74, 6) is 2.64. The number of rotatable bonds is 60. The van der Waals surface area contributed by atoms with Gasteiger partial charge in [-0.3, -0.25) is 9.59 Å². The van der Waals surface area contributed by atoms with Gasteiger partial charge >= 0.3 is 0 Å². The Labute approximate surface area is 441 Å². The van der Waals surface area contributed by atoms with E-state index in [4.69, 9.17) is 0 Å². The average Bonchev–Trinajstić information content (AvgIpc) is 3.36. The minimum absolute atomic E-state index is 0.492. The van der Waals surface area contributed by atoms with Gasteiger partial charge in [0.2, 0.25) is 0 Å². The molecule has 2 nitrogen and oxygen atoms in total. The first-order valence-corrected chi connectivity index (χ1v) is 32.6. The molecule has 0 bridgehead atoms. The van der Waals surface area contributed by atoms with E-state index in [2.05, 4.69) is 64.2 Å². The molecule has 0 saturated carbocycles. The largest absolute Gasteiger partial charge is 0.300 e. The van der Waals surface area contributed by atoms with Gasteiger partial charge in [-0.2, -0.15) is 0 Å². The maximum Gasteiger partial charge on any atom is 0.132 e. The van der Waals surface area contributed by atoms with Crippen molar-refractivity contribution in [2.24, 2.45) is 11.8 Å². The highest BCUT2D eigenvalue weighted by molar-refractivity contribution is 5.78. The molecule has 2 atom stereocenters. The average molecular weight is 978 g/mol. The number of allylic oxidation sites excluding steroid dienone is 6. The fourth-order valence-electron chi connectivity index (χ4n) is 10.8. The van der Waals surface area contributed by atoms with Crippen molar-refractivity contribution in [3.05, 3.63) is 36.5 Å². The Morgan fingerprint density at radius 2 is 0.471 bits per heavy atom. The summed E-state index contributed by atoms with van der Waals surface area (Å²) < 4.78 is 0. The van der Waals surface area contributed by atoms with Crippen LogP contribution in [0.1, 0.15) is 374 Å². The molecular weight excluding hydrogens is 849 g/mol.